The predicted octanol–water partition coefficient (Wildman–Crippen LogP) is 3.90. The molecule has 0 fully saturated rings. The van der Waals surface area contributed by atoms with Crippen LogP contribution in [0.25, 0.3) is 32.6 Å². The standard InChI is InChI=1S/C22H24N2O2.ClH/c1-2-15-4-3-5-16-7-9-20-22(21(15)16)18-10-14(6-8-19(18)24-20)11-23-17(12-25)13-26;/h3-10,17,23-26H,2,11-13H2,1H3;1H. The van der Waals surface area contributed by atoms with E-state index in [1.165, 1.54) is 27.1 Å². The van der Waals surface area contributed by atoms with Crippen LogP contribution in [0.1, 0.15) is 18.1 Å². The maximum atomic E-state index is 9.23. The number of aryl methyl sites for hydroxylation is 1. The number of benzene rings is 3. The highest BCUT2D eigenvalue weighted by Crippen LogP contribution is 2.34. The van der Waals surface area contributed by atoms with Gasteiger partial charge in [0.2, 0.25) is 0 Å². The van der Waals surface area contributed by atoms with Gasteiger partial charge in [0, 0.05) is 28.4 Å². The lowest BCUT2D eigenvalue weighted by Crippen LogP contribution is -2.35. The van der Waals surface area contributed by atoms with Crippen LogP contribution < -0.4 is 5.32 Å². The molecule has 0 bridgehead atoms. The number of hydrogen-bond donors (Lipinski definition) is 4. The van der Waals surface area contributed by atoms with Crippen molar-refractivity contribution < 1.29 is 10.2 Å². The van der Waals surface area contributed by atoms with E-state index in [4.69, 9.17) is 0 Å². The molecule has 4 N–H and O–H groups in total. The minimum Gasteiger partial charge on any atom is -0.395 e. The Kier molecular flexibility index (Phi) is 6.02. The fourth-order valence-corrected chi connectivity index (χ4v) is 3.74. The largest absolute Gasteiger partial charge is 0.395 e. The van der Waals surface area contributed by atoms with Gasteiger partial charge in [-0.3, -0.25) is 0 Å². The third kappa shape index (κ3) is 3.54. The van der Waals surface area contributed by atoms with E-state index in [0.717, 1.165) is 23.0 Å². The number of halogens is 1. The Morgan fingerprint density at radius 1 is 0.963 bits per heavy atom. The molecule has 0 aliphatic carbocycles. The van der Waals surface area contributed by atoms with Gasteiger partial charge >= 0.3 is 0 Å². The number of hydrogen-bond acceptors (Lipinski definition) is 3. The van der Waals surface area contributed by atoms with E-state index < -0.39 is 0 Å². The van der Waals surface area contributed by atoms with Crippen molar-refractivity contribution in [1.82, 2.24) is 10.3 Å². The summed E-state index contributed by atoms with van der Waals surface area (Å²) in [6, 6.07) is 17.0. The Morgan fingerprint density at radius 2 is 1.74 bits per heavy atom. The number of aliphatic hydroxyl groups is 2. The molecule has 0 spiro atoms. The highest BCUT2D eigenvalue weighted by Gasteiger charge is 2.12. The van der Waals surface area contributed by atoms with E-state index in [9.17, 15) is 10.2 Å². The molecule has 0 radical (unpaired) electrons. The molecule has 142 valence electrons. The summed E-state index contributed by atoms with van der Waals surface area (Å²) in [6.45, 7) is 2.66. The van der Waals surface area contributed by atoms with Crippen LogP contribution in [-0.2, 0) is 13.0 Å². The van der Waals surface area contributed by atoms with Crippen LogP contribution in [-0.4, -0.2) is 34.5 Å². The van der Waals surface area contributed by atoms with Crippen molar-refractivity contribution in [3.05, 3.63) is 59.7 Å². The molecule has 4 nitrogen and oxygen atoms in total. The molecule has 0 saturated carbocycles. The van der Waals surface area contributed by atoms with Crippen molar-refractivity contribution in [2.75, 3.05) is 13.2 Å². The number of aliphatic hydroxyl groups excluding tert-OH is 2. The van der Waals surface area contributed by atoms with Crippen molar-refractivity contribution in [2.24, 2.45) is 0 Å². The smallest absolute Gasteiger partial charge is 0.0607 e. The van der Waals surface area contributed by atoms with Gasteiger partial charge in [-0.25, -0.2) is 0 Å². The number of H-pyrrole nitrogens is 1. The van der Waals surface area contributed by atoms with E-state index in [1.807, 2.05) is 0 Å². The molecule has 0 atom stereocenters. The van der Waals surface area contributed by atoms with Gasteiger partial charge in [-0.2, -0.15) is 0 Å². The SMILES string of the molecule is CCc1cccc2ccc3[nH]c4ccc(CNC(CO)CO)cc4c3c12.Cl. The van der Waals surface area contributed by atoms with Gasteiger partial charge in [0.1, 0.15) is 0 Å². The maximum absolute atomic E-state index is 9.23. The first-order valence-electron chi connectivity index (χ1n) is 9.15. The Labute approximate surface area is 164 Å². The summed E-state index contributed by atoms with van der Waals surface area (Å²) < 4.78 is 0. The van der Waals surface area contributed by atoms with Crippen LogP contribution in [0.2, 0.25) is 0 Å². The van der Waals surface area contributed by atoms with Crippen molar-refractivity contribution in [2.45, 2.75) is 25.9 Å². The van der Waals surface area contributed by atoms with Gasteiger partial charge in [0.05, 0.1) is 19.3 Å². The van der Waals surface area contributed by atoms with Crippen LogP contribution in [0.5, 0.6) is 0 Å². The van der Waals surface area contributed by atoms with E-state index >= 15 is 0 Å². The third-order valence-corrected chi connectivity index (χ3v) is 5.17. The van der Waals surface area contributed by atoms with Crippen LogP contribution >= 0.6 is 12.4 Å². The van der Waals surface area contributed by atoms with Gasteiger partial charge in [0.15, 0.2) is 0 Å². The maximum Gasteiger partial charge on any atom is 0.0607 e. The molecule has 0 saturated heterocycles. The second-order valence-corrected chi connectivity index (χ2v) is 6.80. The van der Waals surface area contributed by atoms with Crippen molar-refractivity contribution in [3.63, 3.8) is 0 Å². The molecule has 27 heavy (non-hydrogen) atoms. The van der Waals surface area contributed by atoms with Crippen molar-refractivity contribution >= 4 is 45.0 Å². The lowest BCUT2D eigenvalue weighted by atomic mass is 9.97. The lowest BCUT2D eigenvalue weighted by molar-refractivity contribution is 0.170. The Morgan fingerprint density at radius 3 is 2.48 bits per heavy atom. The van der Waals surface area contributed by atoms with Crippen LogP contribution in [0.15, 0.2) is 48.5 Å². The zero-order valence-corrected chi connectivity index (χ0v) is 16.1. The van der Waals surface area contributed by atoms with E-state index in [0.29, 0.717) is 6.54 Å². The first kappa shape index (κ1) is 19.6. The Hall–Kier alpha value is -2.11. The van der Waals surface area contributed by atoms with E-state index in [-0.39, 0.29) is 31.7 Å². The van der Waals surface area contributed by atoms with Gasteiger partial charge in [-0.1, -0.05) is 37.3 Å². The van der Waals surface area contributed by atoms with Gasteiger partial charge in [-0.05, 0) is 46.5 Å². The summed E-state index contributed by atoms with van der Waals surface area (Å²) in [4.78, 5) is 3.54. The first-order valence-corrected chi connectivity index (χ1v) is 9.15. The zero-order chi connectivity index (χ0) is 18.1. The molecule has 0 amide bonds. The van der Waals surface area contributed by atoms with Crippen molar-refractivity contribution in [1.29, 1.82) is 0 Å². The predicted molar refractivity (Wildman–Crippen MR) is 115 cm³/mol. The highest BCUT2D eigenvalue weighted by atomic mass is 35.5. The molecule has 4 aromatic rings. The Bertz CT molecular complexity index is 1070. The van der Waals surface area contributed by atoms with Crippen LogP contribution in [0, 0.1) is 0 Å². The molecule has 5 heteroatoms. The number of nitrogens with one attached hydrogen (secondary N) is 2. The summed E-state index contributed by atoms with van der Waals surface area (Å²) >= 11 is 0. The topological polar surface area (TPSA) is 68.3 Å². The molecular weight excluding hydrogens is 360 g/mol. The molecule has 0 aliphatic heterocycles. The summed E-state index contributed by atoms with van der Waals surface area (Å²) in [5.74, 6) is 0. The molecule has 1 heterocycles. The second kappa shape index (κ2) is 8.28. The van der Waals surface area contributed by atoms with Gasteiger partial charge in [0.25, 0.3) is 0 Å². The second-order valence-electron chi connectivity index (χ2n) is 6.80. The number of rotatable bonds is 6. The molecular formula is C22H25ClN2O2. The quantitative estimate of drug-likeness (QED) is 0.407. The third-order valence-electron chi connectivity index (χ3n) is 5.17. The van der Waals surface area contributed by atoms with E-state index in [1.54, 1.807) is 0 Å². The van der Waals surface area contributed by atoms with Crippen LogP contribution in [0.3, 0.4) is 0 Å². The van der Waals surface area contributed by atoms with E-state index in [2.05, 4.69) is 65.8 Å². The average molecular weight is 385 g/mol. The number of fused-ring (bicyclic) bond motifs is 5. The first-order chi connectivity index (χ1) is 12.7. The monoisotopic (exact) mass is 384 g/mol. The minimum absolute atomic E-state index is 0. The van der Waals surface area contributed by atoms with Crippen molar-refractivity contribution in [3.8, 4) is 0 Å². The average Bonchev–Trinajstić information content (AvgIpc) is 3.06. The highest BCUT2D eigenvalue weighted by molar-refractivity contribution is 6.21. The fourth-order valence-electron chi connectivity index (χ4n) is 3.74. The molecule has 0 unspecified atom stereocenters. The zero-order valence-electron chi connectivity index (χ0n) is 15.3. The number of aromatic nitrogens is 1. The van der Waals surface area contributed by atoms with Gasteiger partial charge < -0.3 is 20.5 Å². The summed E-state index contributed by atoms with van der Waals surface area (Å²) in [7, 11) is 0. The molecule has 0 aliphatic rings. The molecule has 4 rings (SSSR count). The minimum atomic E-state index is -0.291. The van der Waals surface area contributed by atoms with Crippen LogP contribution in [0.4, 0.5) is 0 Å². The normalized spacial score (nSPS) is 11.6. The lowest BCUT2D eigenvalue weighted by Gasteiger charge is -2.13. The summed E-state index contributed by atoms with van der Waals surface area (Å²) in [5.41, 5.74) is 4.78. The molecule has 3 aromatic carbocycles. The molecule has 1 aromatic heterocycles. The summed E-state index contributed by atoms with van der Waals surface area (Å²) in [6.07, 6.45) is 0.999. The Balaban J connectivity index is 0.00000210. The summed E-state index contributed by atoms with van der Waals surface area (Å²) in [5, 5.41) is 26.7. The van der Waals surface area contributed by atoms with Gasteiger partial charge in [-0.15, -0.1) is 12.4 Å². The fraction of sp³-hybridized carbons (Fsp3) is 0.273. The number of aromatic amines is 1.